The number of rotatable bonds is 2. The van der Waals surface area contributed by atoms with E-state index in [9.17, 15) is 0 Å². The molecule has 1 aromatic rings. The van der Waals surface area contributed by atoms with Crippen LogP contribution < -0.4 is 10.5 Å². The lowest BCUT2D eigenvalue weighted by molar-refractivity contribution is 0.413. The van der Waals surface area contributed by atoms with Gasteiger partial charge in [0, 0.05) is 5.75 Å². The van der Waals surface area contributed by atoms with Gasteiger partial charge in [-0.2, -0.15) is 0 Å². The van der Waals surface area contributed by atoms with Crippen LogP contribution in [0, 0.1) is 0 Å². The third-order valence-electron chi connectivity index (χ3n) is 2.91. The van der Waals surface area contributed by atoms with Crippen LogP contribution in [0.25, 0.3) is 0 Å². The van der Waals surface area contributed by atoms with Crippen LogP contribution in [-0.4, -0.2) is 18.0 Å². The maximum absolute atomic E-state index is 5.79. The molecule has 0 aliphatic carbocycles. The van der Waals surface area contributed by atoms with Crippen molar-refractivity contribution in [2.24, 2.45) is 10.7 Å². The Kier molecular flexibility index (Phi) is 3.10. The lowest BCUT2D eigenvalue weighted by Crippen LogP contribution is -2.28. The second-order valence-electron chi connectivity index (χ2n) is 4.05. The van der Waals surface area contributed by atoms with Gasteiger partial charge in [0.05, 0.1) is 12.6 Å². The number of thioether (sulfide) groups is 1. The Balaban J connectivity index is 2.31. The van der Waals surface area contributed by atoms with Gasteiger partial charge in [-0.05, 0) is 31.0 Å². The number of hydrogen-bond acceptors (Lipinski definition) is 4. The van der Waals surface area contributed by atoms with Crippen LogP contribution >= 0.6 is 11.8 Å². The predicted molar refractivity (Wildman–Crippen MR) is 69.0 cm³/mol. The maximum atomic E-state index is 5.79. The fourth-order valence-electron chi connectivity index (χ4n) is 1.84. The highest BCUT2D eigenvalue weighted by atomic mass is 32.2. The summed E-state index contributed by atoms with van der Waals surface area (Å²) in [6, 6.07) is 8.05. The normalized spacial score (nSPS) is 25.0. The summed E-state index contributed by atoms with van der Waals surface area (Å²) in [7, 11) is 1.67. The van der Waals surface area contributed by atoms with E-state index >= 15 is 0 Å². The molecule has 1 heterocycles. The predicted octanol–water partition coefficient (Wildman–Crippen LogP) is 2.36. The Labute approximate surface area is 100 Å². The molecule has 1 unspecified atom stereocenters. The highest BCUT2D eigenvalue weighted by molar-refractivity contribution is 8.13. The summed E-state index contributed by atoms with van der Waals surface area (Å²) in [6.45, 7) is 2.13. The molecule has 16 heavy (non-hydrogen) atoms. The maximum Gasteiger partial charge on any atom is 0.154 e. The largest absolute Gasteiger partial charge is 0.497 e. The van der Waals surface area contributed by atoms with Crippen molar-refractivity contribution in [1.82, 2.24) is 0 Å². The van der Waals surface area contributed by atoms with E-state index in [2.05, 4.69) is 24.0 Å². The minimum absolute atomic E-state index is 0.179. The molecule has 1 atom stereocenters. The lowest BCUT2D eigenvalue weighted by Gasteiger charge is -2.29. The third kappa shape index (κ3) is 2.16. The first kappa shape index (κ1) is 11.3. The molecule has 86 valence electrons. The van der Waals surface area contributed by atoms with Crippen molar-refractivity contribution >= 4 is 16.9 Å². The average molecular weight is 236 g/mol. The van der Waals surface area contributed by atoms with Crippen LogP contribution in [0.4, 0.5) is 0 Å². The van der Waals surface area contributed by atoms with E-state index in [1.807, 2.05) is 12.1 Å². The number of nitrogens with two attached hydrogens (primary N) is 1. The molecule has 0 saturated heterocycles. The molecule has 0 bridgehead atoms. The Morgan fingerprint density at radius 1 is 1.38 bits per heavy atom. The second-order valence-corrected chi connectivity index (χ2v) is 5.17. The standard InChI is InChI=1S/C12H16N2OS/c1-12(7-8-16-11(13)14-12)9-3-5-10(15-2)6-4-9/h3-6H,7-8H2,1-2H3,(H2,13,14). The Bertz CT molecular complexity index is 402. The zero-order valence-corrected chi connectivity index (χ0v) is 10.4. The van der Waals surface area contributed by atoms with Crippen LogP contribution in [0.1, 0.15) is 18.9 Å². The van der Waals surface area contributed by atoms with E-state index < -0.39 is 0 Å². The molecule has 4 heteroatoms. The summed E-state index contributed by atoms with van der Waals surface area (Å²) in [5.74, 6) is 1.90. The van der Waals surface area contributed by atoms with Crippen LogP contribution in [0.2, 0.25) is 0 Å². The zero-order valence-electron chi connectivity index (χ0n) is 9.56. The van der Waals surface area contributed by atoms with Gasteiger partial charge in [-0.1, -0.05) is 23.9 Å². The molecule has 1 aliphatic heterocycles. The van der Waals surface area contributed by atoms with Gasteiger partial charge >= 0.3 is 0 Å². The first-order valence-electron chi connectivity index (χ1n) is 5.27. The molecular formula is C12H16N2OS. The smallest absolute Gasteiger partial charge is 0.154 e. The molecule has 0 aromatic heterocycles. The third-order valence-corrected chi connectivity index (χ3v) is 3.70. The number of methoxy groups -OCH3 is 1. The fourth-order valence-corrected chi connectivity index (χ4v) is 2.82. The van der Waals surface area contributed by atoms with E-state index in [4.69, 9.17) is 10.5 Å². The molecule has 3 nitrogen and oxygen atoms in total. The topological polar surface area (TPSA) is 47.6 Å². The fraction of sp³-hybridized carbons (Fsp3) is 0.417. The van der Waals surface area contributed by atoms with Crippen molar-refractivity contribution in [2.75, 3.05) is 12.9 Å². The minimum atomic E-state index is -0.179. The lowest BCUT2D eigenvalue weighted by atomic mass is 9.90. The van der Waals surface area contributed by atoms with E-state index in [0.717, 1.165) is 17.9 Å². The van der Waals surface area contributed by atoms with Crippen molar-refractivity contribution < 1.29 is 4.74 Å². The first-order valence-corrected chi connectivity index (χ1v) is 6.25. The Morgan fingerprint density at radius 2 is 2.06 bits per heavy atom. The van der Waals surface area contributed by atoms with E-state index in [1.165, 1.54) is 5.56 Å². The zero-order chi connectivity index (χ0) is 11.6. The van der Waals surface area contributed by atoms with Gasteiger partial charge in [-0.15, -0.1) is 0 Å². The number of amidine groups is 1. The van der Waals surface area contributed by atoms with Gasteiger partial charge in [0.15, 0.2) is 5.17 Å². The molecule has 0 fully saturated rings. The molecule has 2 N–H and O–H groups in total. The summed E-state index contributed by atoms with van der Waals surface area (Å²) < 4.78 is 5.15. The first-order chi connectivity index (χ1) is 7.64. The molecule has 2 rings (SSSR count). The number of nitrogens with zero attached hydrogens (tertiary/aromatic N) is 1. The van der Waals surface area contributed by atoms with Gasteiger partial charge in [0.2, 0.25) is 0 Å². The molecule has 1 aromatic carbocycles. The van der Waals surface area contributed by atoms with E-state index in [0.29, 0.717) is 5.17 Å². The molecule has 0 amide bonds. The summed E-state index contributed by atoms with van der Waals surface area (Å²) in [5, 5.41) is 0.685. The monoisotopic (exact) mass is 236 g/mol. The van der Waals surface area contributed by atoms with Crippen LogP contribution in [0.3, 0.4) is 0 Å². The number of benzene rings is 1. The van der Waals surface area contributed by atoms with Gasteiger partial charge in [-0.3, -0.25) is 4.99 Å². The van der Waals surface area contributed by atoms with Crippen molar-refractivity contribution in [3.63, 3.8) is 0 Å². The van der Waals surface area contributed by atoms with Gasteiger partial charge < -0.3 is 10.5 Å². The van der Waals surface area contributed by atoms with E-state index in [-0.39, 0.29) is 5.54 Å². The number of hydrogen-bond donors (Lipinski definition) is 1. The van der Waals surface area contributed by atoms with Crippen LogP contribution in [0.5, 0.6) is 5.75 Å². The minimum Gasteiger partial charge on any atom is -0.497 e. The second kappa shape index (κ2) is 4.37. The van der Waals surface area contributed by atoms with Gasteiger partial charge in [-0.25, -0.2) is 0 Å². The van der Waals surface area contributed by atoms with Crippen molar-refractivity contribution in [2.45, 2.75) is 18.9 Å². The summed E-state index contributed by atoms with van der Waals surface area (Å²) in [6.07, 6.45) is 1.02. The quantitative estimate of drug-likeness (QED) is 0.857. The van der Waals surface area contributed by atoms with Gasteiger partial charge in [0.25, 0.3) is 0 Å². The highest BCUT2D eigenvalue weighted by Gasteiger charge is 2.29. The summed E-state index contributed by atoms with van der Waals surface area (Å²) in [4.78, 5) is 4.56. The van der Waals surface area contributed by atoms with Crippen molar-refractivity contribution in [1.29, 1.82) is 0 Å². The molecule has 1 aliphatic rings. The van der Waals surface area contributed by atoms with Crippen molar-refractivity contribution in [3.8, 4) is 5.75 Å². The highest BCUT2D eigenvalue weighted by Crippen LogP contribution is 2.35. The van der Waals surface area contributed by atoms with Gasteiger partial charge in [0.1, 0.15) is 5.75 Å². The molecular weight excluding hydrogens is 220 g/mol. The number of ether oxygens (including phenoxy) is 1. The Morgan fingerprint density at radius 3 is 2.62 bits per heavy atom. The molecule has 0 spiro atoms. The van der Waals surface area contributed by atoms with Crippen molar-refractivity contribution in [3.05, 3.63) is 29.8 Å². The SMILES string of the molecule is COc1ccc(C2(C)CCSC(N)=N2)cc1. The van der Waals surface area contributed by atoms with Crippen LogP contribution in [-0.2, 0) is 5.54 Å². The van der Waals surface area contributed by atoms with E-state index in [1.54, 1.807) is 18.9 Å². The molecule has 0 saturated carbocycles. The Hall–Kier alpha value is -1.16. The summed E-state index contributed by atoms with van der Waals surface area (Å²) in [5.41, 5.74) is 6.80. The van der Waals surface area contributed by atoms with Crippen LogP contribution in [0.15, 0.2) is 29.3 Å². The molecule has 0 radical (unpaired) electrons. The number of aliphatic imine (C=N–C) groups is 1. The summed E-state index contributed by atoms with van der Waals surface area (Å²) >= 11 is 1.63. The average Bonchev–Trinajstić information content (AvgIpc) is 2.29.